The molecule has 0 aliphatic rings. The molecule has 0 amide bonds. The zero-order chi connectivity index (χ0) is 14.6. The van der Waals surface area contributed by atoms with Gasteiger partial charge < -0.3 is 5.73 Å². The molecule has 0 spiro atoms. The van der Waals surface area contributed by atoms with E-state index in [2.05, 4.69) is 9.71 Å². The number of hydrogen-bond donors (Lipinski definition) is 2. The summed E-state index contributed by atoms with van der Waals surface area (Å²) in [6, 6.07) is 10.2. The number of nitrogens with one attached hydrogen (secondary N) is 1. The minimum atomic E-state index is -3.55. The Kier molecular flexibility index (Phi) is 4.31. The van der Waals surface area contributed by atoms with Gasteiger partial charge >= 0.3 is 0 Å². The summed E-state index contributed by atoms with van der Waals surface area (Å²) in [5.74, 6) is -0.199. The maximum Gasteiger partial charge on any atom is 0.236 e. The Hall–Kier alpha value is -1.99. The molecule has 1 heterocycles. The molecule has 2 rings (SSSR count). The Morgan fingerprint density at radius 2 is 2.00 bits per heavy atom. The topological polar surface area (TPSA) is 85.1 Å². The molecular formula is C13H13N3O2S2. The minimum Gasteiger partial charge on any atom is -0.389 e. The summed E-state index contributed by atoms with van der Waals surface area (Å²) in [7, 11) is -3.55. The van der Waals surface area contributed by atoms with Crippen LogP contribution < -0.4 is 10.5 Å². The summed E-state index contributed by atoms with van der Waals surface area (Å²) in [5.41, 5.74) is 7.14. The lowest BCUT2D eigenvalue weighted by molar-refractivity contribution is 0.600. The minimum absolute atomic E-state index is 0.178. The third kappa shape index (κ3) is 3.75. The Bertz CT molecular complexity index is 715. The van der Waals surface area contributed by atoms with E-state index in [1.807, 2.05) is 0 Å². The van der Waals surface area contributed by atoms with Gasteiger partial charge in [0.2, 0.25) is 10.0 Å². The van der Waals surface area contributed by atoms with E-state index in [4.69, 9.17) is 18.0 Å². The molecule has 0 fully saturated rings. The average Bonchev–Trinajstić information content (AvgIpc) is 2.39. The van der Waals surface area contributed by atoms with Gasteiger partial charge in [-0.25, -0.2) is 8.42 Å². The molecule has 7 heteroatoms. The van der Waals surface area contributed by atoms with Crippen LogP contribution in [0.15, 0.2) is 48.8 Å². The number of aromatic nitrogens is 1. The maximum absolute atomic E-state index is 12.1. The van der Waals surface area contributed by atoms with Crippen LogP contribution in [-0.4, -0.2) is 18.4 Å². The van der Waals surface area contributed by atoms with Crippen LogP contribution in [0, 0.1) is 0 Å². The van der Waals surface area contributed by atoms with Crippen molar-refractivity contribution in [3.05, 3.63) is 59.9 Å². The van der Waals surface area contributed by atoms with Gasteiger partial charge in [-0.15, -0.1) is 0 Å². The molecule has 0 saturated heterocycles. The van der Waals surface area contributed by atoms with Crippen LogP contribution in [0.1, 0.15) is 11.1 Å². The number of sulfonamides is 1. The molecular weight excluding hydrogens is 294 g/mol. The van der Waals surface area contributed by atoms with Gasteiger partial charge in [-0.3, -0.25) is 9.71 Å². The van der Waals surface area contributed by atoms with E-state index in [-0.39, 0.29) is 10.7 Å². The van der Waals surface area contributed by atoms with Gasteiger partial charge in [0.15, 0.2) is 0 Å². The smallest absolute Gasteiger partial charge is 0.236 e. The maximum atomic E-state index is 12.1. The van der Waals surface area contributed by atoms with Crippen molar-refractivity contribution in [1.82, 2.24) is 4.98 Å². The fourth-order valence-electron chi connectivity index (χ4n) is 1.73. The standard InChI is InChI=1S/C13H13N3O2S2/c14-13(19)12-6-2-1-4-10(12)9-20(17,18)16-11-5-3-7-15-8-11/h1-8,16H,9H2,(H2,14,19). The lowest BCUT2D eigenvalue weighted by Gasteiger charge is -2.10. The number of rotatable bonds is 5. The van der Waals surface area contributed by atoms with Gasteiger partial charge in [-0.05, 0) is 17.7 Å². The lowest BCUT2D eigenvalue weighted by atomic mass is 10.1. The quantitative estimate of drug-likeness (QED) is 0.821. The number of nitrogens with zero attached hydrogens (tertiary/aromatic N) is 1. The van der Waals surface area contributed by atoms with E-state index in [0.29, 0.717) is 16.8 Å². The van der Waals surface area contributed by atoms with Crippen LogP contribution in [0.3, 0.4) is 0 Å². The van der Waals surface area contributed by atoms with Crippen molar-refractivity contribution in [3.8, 4) is 0 Å². The van der Waals surface area contributed by atoms with Crippen LogP contribution in [0.4, 0.5) is 5.69 Å². The number of thiocarbonyl (C=S) groups is 1. The van der Waals surface area contributed by atoms with Crippen molar-refractivity contribution >= 4 is 32.9 Å². The van der Waals surface area contributed by atoms with Crippen molar-refractivity contribution in [2.75, 3.05) is 4.72 Å². The second-order valence-corrected chi connectivity index (χ2v) is 6.29. The summed E-state index contributed by atoms with van der Waals surface area (Å²) in [4.78, 5) is 4.03. The Morgan fingerprint density at radius 3 is 2.65 bits per heavy atom. The molecule has 0 bridgehead atoms. The van der Waals surface area contributed by atoms with Gasteiger partial charge in [0.1, 0.15) is 4.99 Å². The van der Waals surface area contributed by atoms with Crippen molar-refractivity contribution < 1.29 is 8.42 Å². The van der Waals surface area contributed by atoms with E-state index in [0.717, 1.165) is 0 Å². The van der Waals surface area contributed by atoms with Crippen molar-refractivity contribution in [2.45, 2.75) is 5.75 Å². The average molecular weight is 307 g/mol. The summed E-state index contributed by atoms with van der Waals surface area (Å²) in [6.45, 7) is 0. The van der Waals surface area contributed by atoms with Crippen LogP contribution in [-0.2, 0) is 15.8 Å². The highest BCUT2D eigenvalue weighted by Crippen LogP contribution is 2.15. The monoisotopic (exact) mass is 307 g/mol. The first-order valence-electron chi connectivity index (χ1n) is 5.76. The highest BCUT2D eigenvalue weighted by Gasteiger charge is 2.15. The molecule has 5 nitrogen and oxygen atoms in total. The van der Waals surface area contributed by atoms with Crippen molar-refractivity contribution in [1.29, 1.82) is 0 Å². The van der Waals surface area contributed by atoms with Crippen LogP contribution in [0.25, 0.3) is 0 Å². The molecule has 0 unspecified atom stereocenters. The molecule has 2 aromatic rings. The van der Waals surface area contributed by atoms with Crippen LogP contribution in [0.2, 0.25) is 0 Å². The normalized spacial score (nSPS) is 11.0. The highest BCUT2D eigenvalue weighted by molar-refractivity contribution is 7.91. The lowest BCUT2D eigenvalue weighted by Crippen LogP contribution is -2.19. The van der Waals surface area contributed by atoms with Gasteiger partial charge in [0, 0.05) is 11.8 Å². The molecule has 20 heavy (non-hydrogen) atoms. The van der Waals surface area contributed by atoms with E-state index >= 15 is 0 Å². The zero-order valence-electron chi connectivity index (χ0n) is 10.5. The second-order valence-electron chi connectivity index (χ2n) is 4.12. The number of pyridine rings is 1. The van der Waals surface area contributed by atoms with Gasteiger partial charge in [0.25, 0.3) is 0 Å². The third-order valence-corrected chi connectivity index (χ3v) is 4.02. The second kappa shape index (κ2) is 5.98. The summed E-state index contributed by atoms with van der Waals surface area (Å²) in [5, 5.41) is 0. The Morgan fingerprint density at radius 1 is 1.25 bits per heavy atom. The number of nitrogens with two attached hydrogens (primary N) is 1. The predicted octanol–water partition coefficient (Wildman–Crippen LogP) is 1.66. The fraction of sp³-hybridized carbons (Fsp3) is 0.0769. The van der Waals surface area contributed by atoms with Crippen molar-refractivity contribution in [3.63, 3.8) is 0 Å². The largest absolute Gasteiger partial charge is 0.389 e. The fourth-order valence-corrected chi connectivity index (χ4v) is 3.14. The van der Waals surface area contributed by atoms with Gasteiger partial charge in [-0.1, -0.05) is 36.5 Å². The first kappa shape index (κ1) is 14.4. The van der Waals surface area contributed by atoms with E-state index < -0.39 is 10.0 Å². The molecule has 0 atom stereocenters. The van der Waals surface area contributed by atoms with E-state index in [1.165, 1.54) is 6.20 Å². The summed E-state index contributed by atoms with van der Waals surface area (Å²) in [6.07, 6.45) is 3.01. The molecule has 0 aliphatic heterocycles. The molecule has 0 aliphatic carbocycles. The zero-order valence-corrected chi connectivity index (χ0v) is 12.1. The molecule has 1 aromatic carbocycles. The van der Waals surface area contributed by atoms with Gasteiger partial charge in [-0.2, -0.15) is 0 Å². The predicted molar refractivity (Wildman–Crippen MR) is 82.8 cm³/mol. The van der Waals surface area contributed by atoms with E-state index in [1.54, 1.807) is 42.6 Å². The van der Waals surface area contributed by atoms with Gasteiger partial charge in [0.05, 0.1) is 17.6 Å². The molecule has 3 N–H and O–H groups in total. The molecule has 0 radical (unpaired) electrons. The van der Waals surface area contributed by atoms with E-state index in [9.17, 15) is 8.42 Å². The summed E-state index contributed by atoms with van der Waals surface area (Å²) >= 11 is 4.92. The first-order chi connectivity index (χ1) is 9.48. The van der Waals surface area contributed by atoms with Crippen LogP contribution in [0.5, 0.6) is 0 Å². The SMILES string of the molecule is NC(=S)c1ccccc1CS(=O)(=O)Nc1cccnc1. The molecule has 0 saturated carbocycles. The molecule has 104 valence electrons. The first-order valence-corrected chi connectivity index (χ1v) is 7.82. The van der Waals surface area contributed by atoms with Crippen molar-refractivity contribution in [2.24, 2.45) is 5.73 Å². The third-order valence-electron chi connectivity index (χ3n) is 2.56. The highest BCUT2D eigenvalue weighted by atomic mass is 32.2. The number of anilines is 1. The number of benzene rings is 1. The Balaban J connectivity index is 2.23. The number of hydrogen-bond acceptors (Lipinski definition) is 4. The molecule has 1 aromatic heterocycles. The Labute approximate surface area is 122 Å². The summed E-state index contributed by atoms with van der Waals surface area (Å²) < 4.78 is 26.7. The van der Waals surface area contributed by atoms with Crippen LogP contribution >= 0.6 is 12.2 Å².